The van der Waals surface area contributed by atoms with E-state index in [4.69, 9.17) is 4.74 Å². The largest absolute Gasteiger partial charge is 0.489 e. The molecule has 0 amide bonds. The first-order valence-electron chi connectivity index (χ1n) is 9.92. The highest BCUT2D eigenvalue weighted by molar-refractivity contribution is 5.91. The van der Waals surface area contributed by atoms with Gasteiger partial charge in [0.05, 0.1) is 5.52 Å². The lowest BCUT2D eigenvalue weighted by atomic mass is 10.1. The van der Waals surface area contributed by atoms with Crippen LogP contribution in [0.1, 0.15) is 25.8 Å². The van der Waals surface area contributed by atoms with Gasteiger partial charge in [-0.1, -0.05) is 26.0 Å². The Bertz CT molecular complexity index is 879. The smallest absolute Gasteiger partial charge is 0.123 e. The molecule has 1 aromatic heterocycles. The molecule has 0 fully saturated rings. The van der Waals surface area contributed by atoms with Gasteiger partial charge < -0.3 is 15.0 Å². The van der Waals surface area contributed by atoms with Crippen molar-refractivity contribution >= 4 is 16.6 Å². The van der Waals surface area contributed by atoms with Crippen LogP contribution >= 0.6 is 0 Å². The molecule has 0 saturated carbocycles. The summed E-state index contributed by atoms with van der Waals surface area (Å²) in [4.78, 5) is 6.90. The second-order valence-corrected chi connectivity index (χ2v) is 6.76. The monoisotopic (exact) mass is 381 g/mol. The van der Waals surface area contributed by atoms with Crippen molar-refractivity contribution < 1.29 is 9.13 Å². The van der Waals surface area contributed by atoms with Crippen LogP contribution in [0.15, 0.2) is 54.7 Å². The predicted octanol–water partition coefficient (Wildman–Crippen LogP) is 5.10. The quantitative estimate of drug-likeness (QED) is 0.496. The molecule has 3 rings (SSSR count). The van der Waals surface area contributed by atoms with E-state index < -0.39 is 0 Å². The number of anilines is 1. The van der Waals surface area contributed by atoms with Gasteiger partial charge in [-0.25, -0.2) is 4.39 Å². The van der Waals surface area contributed by atoms with E-state index in [-0.39, 0.29) is 5.82 Å². The van der Waals surface area contributed by atoms with Gasteiger partial charge in [-0.15, -0.1) is 0 Å². The maximum absolute atomic E-state index is 13.0. The van der Waals surface area contributed by atoms with Crippen LogP contribution in [0.25, 0.3) is 10.9 Å². The standard InChI is InChI=1S/C23H28FN3O/c1-3-27(4-2)15-5-13-25-22-12-14-26-23-16-20(10-11-21(22)23)28-17-18-6-8-19(24)9-7-18/h6-12,14,16H,3-5,13,15,17H2,1-2H3,(H,25,26). The number of aromatic nitrogens is 1. The highest BCUT2D eigenvalue weighted by Crippen LogP contribution is 2.26. The Balaban J connectivity index is 1.60. The Morgan fingerprint density at radius 2 is 1.82 bits per heavy atom. The van der Waals surface area contributed by atoms with Crippen molar-refractivity contribution in [2.45, 2.75) is 26.9 Å². The molecule has 0 unspecified atom stereocenters. The molecule has 0 saturated heterocycles. The summed E-state index contributed by atoms with van der Waals surface area (Å²) in [7, 11) is 0. The van der Waals surface area contributed by atoms with E-state index in [1.54, 1.807) is 12.1 Å². The molecule has 148 valence electrons. The number of hydrogen-bond acceptors (Lipinski definition) is 4. The number of rotatable bonds is 10. The van der Waals surface area contributed by atoms with E-state index in [0.717, 1.165) is 60.5 Å². The molecule has 0 aliphatic rings. The molecular weight excluding hydrogens is 353 g/mol. The van der Waals surface area contributed by atoms with Crippen LogP contribution in [-0.4, -0.2) is 36.1 Å². The Hall–Kier alpha value is -2.66. The summed E-state index contributed by atoms with van der Waals surface area (Å²) in [5.41, 5.74) is 2.91. The van der Waals surface area contributed by atoms with Crippen molar-refractivity contribution in [3.05, 3.63) is 66.1 Å². The molecule has 0 aliphatic heterocycles. The van der Waals surface area contributed by atoms with Gasteiger partial charge in [0, 0.05) is 29.9 Å². The first kappa shape index (κ1) is 20.1. The fourth-order valence-electron chi connectivity index (χ4n) is 3.18. The van der Waals surface area contributed by atoms with Crippen LogP contribution in [0, 0.1) is 5.82 Å². The number of nitrogens with one attached hydrogen (secondary N) is 1. The lowest BCUT2D eigenvalue weighted by molar-refractivity contribution is 0.303. The summed E-state index contributed by atoms with van der Waals surface area (Å²) in [6.45, 7) is 9.01. The van der Waals surface area contributed by atoms with Gasteiger partial charge in [-0.2, -0.15) is 0 Å². The molecule has 5 heteroatoms. The number of nitrogens with zero attached hydrogens (tertiary/aromatic N) is 2. The number of halogens is 1. The van der Waals surface area contributed by atoms with Gasteiger partial charge in [0.1, 0.15) is 18.2 Å². The first-order chi connectivity index (χ1) is 13.7. The minimum atomic E-state index is -0.240. The van der Waals surface area contributed by atoms with Crippen molar-refractivity contribution in [3.63, 3.8) is 0 Å². The fraction of sp³-hybridized carbons (Fsp3) is 0.348. The number of hydrogen-bond donors (Lipinski definition) is 1. The van der Waals surface area contributed by atoms with Crippen molar-refractivity contribution in [1.29, 1.82) is 0 Å². The normalized spacial score (nSPS) is 11.1. The lowest BCUT2D eigenvalue weighted by Crippen LogP contribution is -2.25. The topological polar surface area (TPSA) is 37.4 Å². The molecule has 0 aliphatic carbocycles. The second kappa shape index (κ2) is 10.0. The van der Waals surface area contributed by atoms with E-state index >= 15 is 0 Å². The number of fused-ring (bicyclic) bond motifs is 1. The Labute approximate surface area is 166 Å². The Morgan fingerprint density at radius 1 is 1.04 bits per heavy atom. The molecule has 2 aromatic carbocycles. The van der Waals surface area contributed by atoms with Crippen LogP contribution in [0.5, 0.6) is 5.75 Å². The molecule has 4 nitrogen and oxygen atoms in total. The van der Waals surface area contributed by atoms with Crippen LogP contribution < -0.4 is 10.1 Å². The number of pyridine rings is 1. The van der Waals surface area contributed by atoms with E-state index in [0.29, 0.717) is 6.61 Å². The lowest BCUT2D eigenvalue weighted by Gasteiger charge is -2.18. The summed E-state index contributed by atoms with van der Waals surface area (Å²) >= 11 is 0. The van der Waals surface area contributed by atoms with E-state index in [2.05, 4.69) is 29.0 Å². The van der Waals surface area contributed by atoms with Crippen molar-refractivity contribution in [2.24, 2.45) is 0 Å². The van der Waals surface area contributed by atoms with Gasteiger partial charge in [-0.3, -0.25) is 4.98 Å². The molecule has 0 spiro atoms. The van der Waals surface area contributed by atoms with Crippen LogP contribution in [-0.2, 0) is 6.61 Å². The summed E-state index contributed by atoms with van der Waals surface area (Å²) in [6, 6.07) is 14.3. The molecular formula is C23H28FN3O. The molecule has 0 radical (unpaired) electrons. The molecule has 1 heterocycles. The molecule has 1 N–H and O–H groups in total. The summed E-state index contributed by atoms with van der Waals surface area (Å²) < 4.78 is 18.8. The first-order valence-corrected chi connectivity index (χ1v) is 9.92. The molecule has 0 atom stereocenters. The van der Waals surface area contributed by atoms with Crippen molar-refractivity contribution in [2.75, 3.05) is 31.5 Å². The Morgan fingerprint density at radius 3 is 2.57 bits per heavy atom. The predicted molar refractivity (Wildman–Crippen MR) is 113 cm³/mol. The van der Waals surface area contributed by atoms with E-state index in [1.165, 1.54) is 12.1 Å². The Kier molecular flexibility index (Phi) is 7.20. The van der Waals surface area contributed by atoms with E-state index in [9.17, 15) is 4.39 Å². The zero-order valence-electron chi connectivity index (χ0n) is 16.6. The SMILES string of the molecule is CCN(CC)CCCNc1ccnc2cc(OCc3ccc(F)cc3)ccc12. The zero-order valence-corrected chi connectivity index (χ0v) is 16.6. The minimum Gasteiger partial charge on any atom is -0.489 e. The van der Waals surface area contributed by atoms with Gasteiger partial charge in [0.25, 0.3) is 0 Å². The number of ether oxygens (including phenoxy) is 1. The van der Waals surface area contributed by atoms with Crippen molar-refractivity contribution in [3.8, 4) is 5.75 Å². The van der Waals surface area contributed by atoms with Crippen LogP contribution in [0.4, 0.5) is 10.1 Å². The van der Waals surface area contributed by atoms with Gasteiger partial charge in [0.2, 0.25) is 0 Å². The van der Waals surface area contributed by atoms with Gasteiger partial charge in [-0.05, 0) is 62.0 Å². The van der Waals surface area contributed by atoms with Gasteiger partial charge in [0.15, 0.2) is 0 Å². The summed E-state index contributed by atoms with van der Waals surface area (Å²) in [5.74, 6) is 0.513. The maximum Gasteiger partial charge on any atom is 0.123 e. The average Bonchev–Trinajstić information content (AvgIpc) is 2.73. The third-order valence-electron chi connectivity index (χ3n) is 4.89. The fourth-order valence-corrected chi connectivity index (χ4v) is 3.18. The molecule has 28 heavy (non-hydrogen) atoms. The highest BCUT2D eigenvalue weighted by Gasteiger charge is 2.05. The maximum atomic E-state index is 13.0. The molecule has 0 bridgehead atoms. The molecule has 3 aromatic rings. The minimum absolute atomic E-state index is 0.240. The highest BCUT2D eigenvalue weighted by atomic mass is 19.1. The number of benzene rings is 2. The van der Waals surface area contributed by atoms with Crippen molar-refractivity contribution in [1.82, 2.24) is 9.88 Å². The second-order valence-electron chi connectivity index (χ2n) is 6.76. The summed E-state index contributed by atoms with van der Waals surface area (Å²) in [5, 5.41) is 4.61. The average molecular weight is 381 g/mol. The third kappa shape index (κ3) is 5.42. The van der Waals surface area contributed by atoms with E-state index in [1.807, 2.05) is 30.5 Å². The van der Waals surface area contributed by atoms with Crippen LogP contribution in [0.2, 0.25) is 0 Å². The zero-order chi connectivity index (χ0) is 19.8. The summed E-state index contributed by atoms with van der Waals surface area (Å²) in [6.07, 6.45) is 2.92. The van der Waals surface area contributed by atoms with Gasteiger partial charge >= 0.3 is 0 Å². The van der Waals surface area contributed by atoms with Crippen LogP contribution in [0.3, 0.4) is 0 Å². The third-order valence-corrected chi connectivity index (χ3v) is 4.89.